The van der Waals surface area contributed by atoms with Gasteiger partial charge in [-0.2, -0.15) is 4.98 Å². The number of sulfonamides is 1. The summed E-state index contributed by atoms with van der Waals surface area (Å²) in [5.74, 6) is 0.435. The van der Waals surface area contributed by atoms with Crippen LogP contribution < -0.4 is 14.8 Å². The quantitative estimate of drug-likeness (QED) is 0.435. The molecule has 0 spiro atoms. The van der Waals surface area contributed by atoms with E-state index in [1.54, 1.807) is 31.6 Å². The molecule has 0 aliphatic heterocycles. The molecule has 0 amide bonds. The molecule has 9 nitrogen and oxygen atoms in total. The van der Waals surface area contributed by atoms with Gasteiger partial charge in [0.2, 0.25) is 11.8 Å². The molecule has 4 aromatic rings. The zero-order chi connectivity index (χ0) is 22.9. The third-order valence-electron chi connectivity index (χ3n) is 4.73. The molecule has 0 unspecified atom stereocenters. The van der Waals surface area contributed by atoms with Crippen molar-refractivity contribution in [3.05, 3.63) is 59.5 Å². The molecule has 11 heteroatoms. The third-order valence-corrected chi connectivity index (χ3v) is 6.31. The summed E-state index contributed by atoms with van der Waals surface area (Å²) in [5, 5.41) is 3.83. The van der Waals surface area contributed by atoms with Gasteiger partial charge in [-0.25, -0.2) is 23.4 Å². The van der Waals surface area contributed by atoms with Gasteiger partial charge in [0.1, 0.15) is 0 Å². The van der Waals surface area contributed by atoms with Crippen LogP contribution in [0.3, 0.4) is 0 Å². The Morgan fingerprint density at radius 3 is 2.59 bits per heavy atom. The maximum absolute atomic E-state index is 13.0. The maximum atomic E-state index is 13.0. The van der Waals surface area contributed by atoms with Gasteiger partial charge < -0.3 is 10.1 Å². The number of pyridine rings is 2. The van der Waals surface area contributed by atoms with E-state index in [2.05, 4.69) is 30.0 Å². The molecule has 3 heterocycles. The molecule has 2 N–H and O–H groups in total. The largest absolute Gasteiger partial charge is 0.480 e. The summed E-state index contributed by atoms with van der Waals surface area (Å²) in [6, 6.07) is 8.44. The number of nitrogens with zero attached hydrogens (tertiary/aromatic N) is 4. The summed E-state index contributed by atoms with van der Waals surface area (Å²) in [7, 11) is -0.918. The Bertz CT molecular complexity index is 1430. The monoisotopic (exact) mass is 470 g/mol. The van der Waals surface area contributed by atoms with Gasteiger partial charge in [-0.05, 0) is 42.3 Å². The fourth-order valence-electron chi connectivity index (χ4n) is 3.15. The number of aromatic nitrogens is 4. The molecule has 0 aliphatic rings. The number of halogens is 1. The third kappa shape index (κ3) is 4.27. The lowest BCUT2D eigenvalue weighted by atomic mass is 10.0. The Hall–Kier alpha value is -3.50. The molecular formula is C21H19ClN6O3S. The zero-order valence-electron chi connectivity index (χ0n) is 17.4. The van der Waals surface area contributed by atoms with Crippen LogP contribution in [0, 0.1) is 6.92 Å². The van der Waals surface area contributed by atoms with E-state index in [-0.39, 0.29) is 15.8 Å². The summed E-state index contributed by atoms with van der Waals surface area (Å²) in [5.41, 5.74) is 3.49. The summed E-state index contributed by atoms with van der Waals surface area (Å²) in [6.07, 6.45) is 4.70. The number of methoxy groups -OCH3 is 1. The maximum Gasteiger partial charge on any atom is 0.267 e. The summed E-state index contributed by atoms with van der Waals surface area (Å²) < 4.78 is 33.6. The van der Waals surface area contributed by atoms with E-state index in [9.17, 15) is 8.42 Å². The average molecular weight is 471 g/mol. The molecule has 0 bridgehead atoms. The number of hydrogen-bond donors (Lipinski definition) is 2. The Kier molecular flexibility index (Phi) is 5.81. The number of hydrogen-bond acceptors (Lipinski definition) is 8. The second kappa shape index (κ2) is 8.56. The van der Waals surface area contributed by atoms with E-state index >= 15 is 0 Å². The first-order chi connectivity index (χ1) is 15.3. The molecule has 32 heavy (non-hydrogen) atoms. The highest BCUT2D eigenvalue weighted by Crippen LogP contribution is 2.31. The first-order valence-electron chi connectivity index (χ1n) is 9.44. The van der Waals surface area contributed by atoms with Crippen LogP contribution in [0.5, 0.6) is 5.88 Å². The lowest BCUT2D eigenvalue weighted by Crippen LogP contribution is -2.15. The van der Waals surface area contributed by atoms with Crippen LogP contribution in [-0.4, -0.2) is 42.5 Å². The van der Waals surface area contributed by atoms with Crippen molar-refractivity contribution < 1.29 is 13.2 Å². The Labute approximate surface area is 189 Å². The van der Waals surface area contributed by atoms with Gasteiger partial charge in [-0.1, -0.05) is 17.7 Å². The van der Waals surface area contributed by atoms with Crippen molar-refractivity contribution >= 4 is 44.3 Å². The van der Waals surface area contributed by atoms with Crippen LogP contribution >= 0.6 is 11.6 Å². The van der Waals surface area contributed by atoms with E-state index in [0.717, 1.165) is 22.1 Å². The van der Waals surface area contributed by atoms with Gasteiger partial charge in [0, 0.05) is 42.3 Å². The molecule has 0 atom stereocenters. The summed E-state index contributed by atoms with van der Waals surface area (Å²) in [4.78, 5) is 16.7. The fourth-order valence-corrected chi connectivity index (χ4v) is 4.57. The first kappa shape index (κ1) is 21.7. The Morgan fingerprint density at radius 1 is 1.03 bits per heavy atom. The van der Waals surface area contributed by atoms with Crippen molar-refractivity contribution in [3.8, 4) is 17.0 Å². The van der Waals surface area contributed by atoms with E-state index in [4.69, 9.17) is 16.3 Å². The van der Waals surface area contributed by atoms with Crippen molar-refractivity contribution in [1.82, 2.24) is 19.9 Å². The minimum atomic E-state index is -4.00. The molecule has 0 radical (unpaired) electrons. The number of benzene rings is 1. The van der Waals surface area contributed by atoms with Crippen molar-refractivity contribution in [2.24, 2.45) is 0 Å². The number of nitrogens with one attached hydrogen (secondary N) is 2. The van der Waals surface area contributed by atoms with E-state index in [0.29, 0.717) is 17.3 Å². The topological polar surface area (TPSA) is 119 Å². The van der Waals surface area contributed by atoms with Gasteiger partial charge in [-0.15, -0.1) is 0 Å². The first-order valence-corrected chi connectivity index (χ1v) is 11.3. The SMILES string of the molecule is CNc1ncc2cc(-c3cc(NS(=O)(=O)c4cc(Cl)cnc4OC)ccc3C)cnc2n1. The van der Waals surface area contributed by atoms with Crippen LogP contribution in [0.15, 0.2) is 53.8 Å². The van der Waals surface area contributed by atoms with Crippen molar-refractivity contribution in [1.29, 1.82) is 0 Å². The highest BCUT2D eigenvalue weighted by Gasteiger charge is 2.22. The second-order valence-electron chi connectivity index (χ2n) is 6.88. The van der Waals surface area contributed by atoms with Crippen LogP contribution in [0.2, 0.25) is 5.02 Å². The molecule has 3 aromatic heterocycles. The van der Waals surface area contributed by atoms with Gasteiger partial charge in [0.15, 0.2) is 10.5 Å². The second-order valence-corrected chi connectivity index (χ2v) is 8.96. The number of anilines is 2. The van der Waals surface area contributed by atoms with Gasteiger partial charge in [0.25, 0.3) is 10.0 Å². The van der Waals surface area contributed by atoms with Crippen molar-refractivity contribution in [2.45, 2.75) is 11.8 Å². The number of rotatable bonds is 6. The number of ether oxygens (including phenoxy) is 1. The predicted octanol–water partition coefficient (Wildman–Crippen LogP) is 3.90. The molecular weight excluding hydrogens is 452 g/mol. The Morgan fingerprint density at radius 2 is 1.84 bits per heavy atom. The van der Waals surface area contributed by atoms with E-state index in [1.165, 1.54) is 19.4 Å². The van der Waals surface area contributed by atoms with E-state index in [1.807, 2.05) is 19.1 Å². The van der Waals surface area contributed by atoms with Crippen molar-refractivity contribution in [2.75, 3.05) is 24.2 Å². The minimum Gasteiger partial charge on any atom is -0.480 e. The highest BCUT2D eigenvalue weighted by molar-refractivity contribution is 7.92. The minimum absolute atomic E-state index is 0.0473. The van der Waals surface area contributed by atoms with Crippen LogP contribution in [0.1, 0.15) is 5.56 Å². The lowest BCUT2D eigenvalue weighted by Gasteiger charge is -2.13. The van der Waals surface area contributed by atoms with Gasteiger partial charge in [-0.3, -0.25) is 4.72 Å². The molecule has 1 aromatic carbocycles. The number of aryl methyl sites for hydroxylation is 1. The number of fused-ring (bicyclic) bond motifs is 1. The standard InChI is InChI=1S/C21H19ClN6O3S/c1-12-4-5-16(28-32(29,30)18-7-15(22)11-25-20(18)31-3)8-17(12)13-6-14-10-26-21(23-2)27-19(14)24-9-13/h4-11,28H,1-3H3,(H,23,24,26,27). The highest BCUT2D eigenvalue weighted by atomic mass is 35.5. The molecule has 0 fully saturated rings. The zero-order valence-corrected chi connectivity index (χ0v) is 19.0. The summed E-state index contributed by atoms with van der Waals surface area (Å²) in [6.45, 7) is 1.93. The van der Waals surface area contributed by atoms with Gasteiger partial charge in [0.05, 0.1) is 12.1 Å². The molecule has 4 rings (SSSR count). The average Bonchev–Trinajstić information content (AvgIpc) is 2.79. The van der Waals surface area contributed by atoms with Crippen LogP contribution in [0.25, 0.3) is 22.2 Å². The fraction of sp³-hybridized carbons (Fsp3) is 0.143. The van der Waals surface area contributed by atoms with Crippen LogP contribution in [-0.2, 0) is 10.0 Å². The summed E-state index contributed by atoms with van der Waals surface area (Å²) >= 11 is 5.94. The lowest BCUT2D eigenvalue weighted by molar-refractivity contribution is 0.385. The molecule has 0 aliphatic carbocycles. The predicted molar refractivity (Wildman–Crippen MR) is 124 cm³/mol. The molecule has 0 saturated heterocycles. The van der Waals surface area contributed by atoms with Crippen LogP contribution in [0.4, 0.5) is 11.6 Å². The smallest absolute Gasteiger partial charge is 0.267 e. The van der Waals surface area contributed by atoms with Gasteiger partial charge >= 0.3 is 0 Å². The van der Waals surface area contributed by atoms with E-state index < -0.39 is 10.0 Å². The normalized spacial score (nSPS) is 11.4. The molecule has 164 valence electrons. The Balaban J connectivity index is 1.72. The molecule has 0 saturated carbocycles. The van der Waals surface area contributed by atoms with Crippen molar-refractivity contribution in [3.63, 3.8) is 0 Å².